The average Bonchev–Trinajstić information content (AvgIpc) is 2.28. The van der Waals surface area contributed by atoms with Gasteiger partial charge in [0.25, 0.3) is 0 Å². The van der Waals surface area contributed by atoms with Gasteiger partial charge >= 0.3 is 11.9 Å². The fourth-order valence-electron chi connectivity index (χ4n) is 2.00. The quantitative estimate of drug-likeness (QED) is 0.808. The molecule has 0 fully saturated rings. The average molecular weight is 250 g/mol. The number of carbonyl (C=O) groups excluding carboxylic acids is 2. The molecule has 18 heavy (non-hydrogen) atoms. The van der Waals surface area contributed by atoms with E-state index >= 15 is 0 Å². The number of phenols is 1. The van der Waals surface area contributed by atoms with Crippen LogP contribution in [-0.4, -0.2) is 29.8 Å². The third kappa shape index (κ3) is 2.03. The molecule has 1 aliphatic rings. The minimum absolute atomic E-state index is 0.0119. The molecule has 1 N–H and O–H groups in total. The highest BCUT2D eigenvalue weighted by Crippen LogP contribution is 2.31. The number of aromatic hydroxyl groups is 1. The zero-order valence-corrected chi connectivity index (χ0v) is 10.2. The maximum absolute atomic E-state index is 11.7. The lowest BCUT2D eigenvalue weighted by Crippen LogP contribution is -2.25. The summed E-state index contributed by atoms with van der Waals surface area (Å²) in [5.74, 6) is -1.61. The second-order valence-electron chi connectivity index (χ2n) is 4.14. The summed E-state index contributed by atoms with van der Waals surface area (Å²) in [5, 5.41) is 9.99. The molecule has 1 unspecified atom stereocenters. The lowest BCUT2D eigenvalue weighted by molar-refractivity contribution is 0.0297. The SMILES string of the molecule is CCOC(=O)c1ccc2c(c1O)C(=O)OC(C)C2. The van der Waals surface area contributed by atoms with Crippen molar-refractivity contribution < 1.29 is 24.2 Å². The molecule has 0 bridgehead atoms. The van der Waals surface area contributed by atoms with Crippen molar-refractivity contribution in [3.05, 3.63) is 28.8 Å². The van der Waals surface area contributed by atoms with Crippen molar-refractivity contribution in [2.45, 2.75) is 26.4 Å². The van der Waals surface area contributed by atoms with Crippen molar-refractivity contribution in [3.63, 3.8) is 0 Å². The van der Waals surface area contributed by atoms with Gasteiger partial charge in [-0.1, -0.05) is 6.07 Å². The van der Waals surface area contributed by atoms with Crippen molar-refractivity contribution >= 4 is 11.9 Å². The topological polar surface area (TPSA) is 72.8 Å². The van der Waals surface area contributed by atoms with Gasteiger partial charge in [0, 0.05) is 6.42 Å². The van der Waals surface area contributed by atoms with Gasteiger partial charge in [0.1, 0.15) is 23.0 Å². The van der Waals surface area contributed by atoms with Crippen molar-refractivity contribution in [2.24, 2.45) is 0 Å². The highest BCUT2D eigenvalue weighted by Gasteiger charge is 2.29. The molecule has 0 saturated heterocycles. The molecule has 0 spiro atoms. The second kappa shape index (κ2) is 4.68. The van der Waals surface area contributed by atoms with E-state index in [4.69, 9.17) is 9.47 Å². The zero-order valence-electron chi connectivity index (χ0n) is 10.2. The van der Waals surface area contributed by atoms with E-state index < -0.39 is 11.9 Å². The Hall–Kier alpha value is -2.04. The molecule has 96 valence electrons. The molecule has 1 atom stereocenters. The highest BCUT2D eigenvalue weighted by molar-refractivity contribution is 6.01. The highest BCUT2D eigenvalue weighted by atomic mass is 16.5. The van der Waals surface area contributed by atoms with Gasteiger partial charge in [0.2, 0.25) is 0 Å². The molecule has 1 heterocycles. The van der Waals surface area contributed by atoms with Gasteiger partial charge in [0.05, 0.1) is 6.61 Å². The number of cyclic esters (lactones) is 1. The first kappa shape index (κ1) is 12.4. The molecule has 1 aromatic rings. The molecule has 2 rings (SSSR count). The Morgan fingerprint density at radius 3 is 2.94 bits per heavy atom. The largest absolute Gasteiger partial charge is 0.506 e. The number of fused-ring (bicyclic) bond motifs is 1. The smallest absolute Gasteiger partial charge is 0.342 e. The van der Waals surface area contributed by atoms with Gasteiger partial charge in [-0.05, 0) is 25.5 Å². The Morgan fingerprint density at radius 2 is 2.28 bits per heavy atom. The van der Waals surface area contributed by atoms with Crippen LogP contribution in [0.25, 0.3) is 0 Å². The Morgan fingerprint density at radius 1 is 1.56 bits per heavy atom. The van der Waals surface area contributed by atoms with E-state index in [1.807, 2.05) is 0 Å². The summed E-state index contributed by atoms with van der Waals surface area (Å²) < 4.78 is 9.84. The van der Waals surface area contributed by atoms with Crippen LogP contribution in [0.5, 0.6) is 5.75 Å². The lowest BCUT2D eigenvalue weighted by Gasteiger charge is -2.22. The molecule has 1 aliphatic heterocycles. The summed E-state index contributed by atoms with van der Waals surface area (Å²) in [7, 11) is 0. The first-order chi connectivity index (χ1) is 8.54. The molecule has 0 amide bonds. The van der Waals surface area contributed by atoms with Crippen LogP contribution in [-0.2, 0) is 15.9 Å². The minimum atomic E-state index is -0.649. The van der Waals surface area contributed by atoms with E-state index in [-0.39, 0.29) is 29.6 Å². The third-order valence-corrected chi connectivity index (χ3v) is 2.78. The summed E-state index contributed by atoms with van der Waals surface area (Å²) >= 11 is 0. The number of rotatable bonds is 2. The van der Waals surface area contributed by atoms with Gasteiger partial charge in [-0.2, -0.15) is 0 Å². The summed E-state index contributed by atoms with van der Waals surface area (Å²) in [6, 6.07) is 3.12. The first-order valence-corrected chi connectivity index (χ1v) is 5.77. The molecule has 1 aromatic carbocycles. The van der Waals surface area contributed by atoms with E-state index in [0.29, 0.717) is 12.0 Å². The summed E-state index contributed by atoms with van der Waals surface area (Å²) in [6.45, 7) is 3.65. The first-order valence-electron chi connectivity index (χ1n) is 5.77. The van der Waals surface area contributed by atoms with Crippen LogP contribution >= 0.6 is 0 Å². The molecule has 0 radical (unpaired) electrons. The molecule has 0 aliphatic carbocycles. The maximum Gasteiger partial charge on any atom is 0.342 e. The molecule has 0 aromatic heterocycles. The summed E-state index contributed by atoms with van der Waals surface area (Å²) in [5.41, 5.74) is 0.741. The van der Waals surface area contributed by atoms with Gasteiger partial charge in [-0.3, -0.25) is 0 Å². The van der Waals surface area contributed by atoms with Crippen molar-refractivity contribution in [3.8, 4) is 5.75 Å². The van der Waals surface area contributed by atoms with Gasteiger partial charge in [-0.25, -0.2) is 9.59 Å². The lowest BCUT2D eigenvalue weighted by atomic mass is 9.96. The number of carbonyl (C=O) groups is 2. The standard InChI is InChI=1S/C13H14O5/c1-3-17-12(15)9-5-4-8-6-7(2)18-13(16)10(8)11(9)14/h4-5,7,14H,3,6H2,1-2H3. The van der Waals surface area contributed by atoms with Crippen molar-refractivity contribution in [2.75, 3.05) is 6.61 Å². The maximum atomic E-state index is 11.7. The predicted octanol–water partition coefficient (Wildman–Crippen LogP) is 1.67. The van der Waals surface area contributed by atoms with Gasteiger partial charge in [-0.15, -0.1) is 0 Å². The number of esters is 2. The van der Waals surface area contributed by atoms with Crippen LogP contribution in [0.2, 0.25) is 0 Å². The second-order valence-corrected chi connectivity index (χ2v) is 4.14. The minimum Gasteiger partial charge on any atom is -0.506 e. The van der Waals surface area contributed by atoms with Crippen LogP contribution in [0.15, 0.2) is 12.1 Å². The van der Waals surface area contributed by atoms with E-state index in [1.54, 1.807) is 19.9 Å². The molecular weight excluding hydrogens is 236 g/mol. The molecule has 5 heteroatoms. The monoisotopic (exact) mass is 250 g/mol. The van der Waals surface area contributed by atoms with Crippen molar-refractivity contribution in [1.82, 2.24) is 0 Å². The Balaban J connectivity index is 2.47. The summed E-state index contributed by atoms with van der Waals surface area (Å²) in [4.78, 5) is 23.3. The molecule has 5 nitrogen and oxygen atoms in total. The summed E-state index contributed by atoms with van der Waals surface area (Å²) in [6.07, 6.45) is 0.301. The Kier molecular flexibility index (Phi) is 3.23. The Bertz CT molecular complexity index is 506. The predicted molar refractivity (Wildman–Crippen MR) is 62.6 cm³/mol. The normalized spacial score (nSPS) is 17.9. The zero-order chi connectivity index (χ0) is 13.3. The van der Waals surface area contributed by atoms with Crippen LogP contribution in [0.3, 0.4) is 0 Å². The molecule has 0 saturated carbocycles. The van der Waals surface area contributed by atoms with Crippen LogP contribution in [0.4, 0.5) is 0 Å². The number of phenolic OH excluding ortho intramolecular Hbond substituents is 1. The van der Waals surface area contributed by atoms with E-state index in [0.717, 1.165) is 0 Å². The van der Waals surface area contributed by atoms with E-state index in [9.17, 15) is 14.7 Å². The van der Waals surface area contributed by atoms with Crippen LogP contribution in [0.1, 0.15) is 40.1 Å². The van der Waals surface area contributed by atoms with Crippen LogP contribution < -0.4 is 0 Å². The van der Waals surface area contributed by atoms with E-state index in [2.05, 4.69) is 0 Å². The van der Waals surface area contributed by atoms with E-state index in [1.165, 1.54) is 6.07 Å². The number of ether oxygens (including phenoxy) is 2. The number of hydrogen-bond donors (Lipinski definition) is 1. The van der Waals surface area contributed by atoms with Crippen molar-refractivity contribution in [1.29, 1.82) is 0 Å². The van der Waals surface area contributed by atoms with Crippen LogP contribution in [0, 0.1) is 0 Å². The molecular formula is C13H14O5. The number of hydrogen-bond acceptors (Lipinski definition) is 5. The third-order valence-electron chi connectivity index (χ3n) is 2.78. The number of benzene rings is 1. The fraction of sp³-hybridized carbons (Fsp3) is 0.385. The Labute approximate surface area is 104 Å². The fourth-order valence-corrected chi connectivity index (χ4v) is 2.00. The van der Waals surface area contributed by atoms with Gasteiger partial charge < -0.3 is 14.6 Å². The van der Waals surface area contributed by atoms with Gasteiger partial charge in [0.15, 0.2) is 0 Å².